The molecule has 10 nitrogen and oxygen atoms in total. The monoisotopic (exact) mass is 318 g/mol. The van der Waals surface area contributed by atoms with Gasteiger partial charge in [-0.05, 0) is 19.1 Å². The van der Waals surface area contributed by atoms with Crippen molar-refractivity contribution in [3.8, 4) is 5.75 Å². The van der Waals surface area contributed by atoms with Gasteiger partial charge >= 0.3 is 5.69 Å². The minimum Gasteiger partial charge on any atom is -0.507 e. The smallest absolute Gasteiger partial charge is 0.342 e. The lowest BCUT2D eigenvalue weighted by atomic mass is 10.2. The summed E-state index contributed by atoms with van der Waals surface area (Å²) in [6, 6.07) is 5.64. The molecule has 1 atom stereocenters. The Morgan fingerprint density at radius 3 is 2.83 bits per heavy atom. The number of benzene rings is 1. The summed E-state index contributed by atoms with van der Waals surface area (Å²) in [5.41, 5.74) is 1.20. The van der Waals surface area contributed by atoms with E-state index >= 15 is 0 Å². The van der Waals surface area contributed by atoms with Crippen molar-refractivity contribution in [3.63, 3.8) is 0 Å². The summed E-state index contributed by atoms with van der Waals surface area (Å²) in [6.07, 6.45) is 1.28. The van der Waals surface area contributed by atoms with Crippen LogP contribution in [0.4, 0.5) is 5.82 Å². The first-order valence-electron chi connectivity index (χ1n) is 6.54. The summed E-state index contributed by atoms with van der Waals surface area (Å²) in [7, 11) is 0. The zero-order chi connectivity index (χ0) is 16.8. The largest absolute Gasteiger partial charge is 0.507 e. The Bertz CT molecular complexity index is 841. The average molecular weight is 318 g/mol. The molecule has 0 saturated carbocycles. The second-order valence-corrected chi connectivity index (χ2v) is 4.51. The molecule has 0 aliphatic rings. The van der Waals surface area contributed by atoms with E-state index in [0.29, 0.717) is 5.56 Å². The van der Waals surface area contributed by atoms with Gasteiger partial charge in [-0.1, -0.05) is 12.1 Å². The van der Waals surface area contributed by atoms with Gasteiger partial charge in [-0.2, -0.15) is 5.10 Å². The fraction of sp³-hybridized carbons (Fsp3) is 0.154. The van der Waals surface area contributed by atoms with E-state index < -0.39 is 23.2 Å². The molecule has 0 radical (unpaired) electrons. The quantitative estimate of drug-likeness (QED) is 0.356. The Labute approximate surface area is 129 Å². The summed E-state index contributed by atoms with van der Waals surface area (Å²) in [6.45, 7) is 1.48. The second kappa shape index (κ2) is 7.02. The Morgan fingerprint density at radius 1 is 1.39 bits per heavy atom. The predicted molar refractivity (Wildman–Crippen MR) is 82.4 cm³/mol. The van der Waals surface area contributed by atoms with E-state index in [4.69, 9.17) is 0 Å². The number of amides is 1. The highest BCUT2D eigenvalue weighted by Gasteiger charge is 2.14. The van der Waals surface area contributed by atoms with Crippen LogP contribution < -0.4 is 22.0 Å². The van der Waals surface area contributed by atoms with E-state index in [-0.39, 0.29) is 11.6 Å². The summed E-state index contributed by atoms with van der Waals surface area (Å²) in [5, 5.41) is 21.3. The van der Waals surface area contributed by atoms with Gasteiger partial charge in [0.15, 0.2) is 0 Å². The molecule has 1 aromatic heterocycles. The van der Waals surface area contributed by atoms with Crippen LogP contribution in [0.25, 0.3) is 0 Å². The summed E-state index contributed by atoms with van der Waals surface area (Å²) >= 11 is 0. The number of nitrogens with one attached hydrogen (secondary N) is 4. The Morgan fingerprint density at radius 2 is 2.13 bits per heavy atom. The molecule has 1 amide bonds. The van der Waals surface area contributed by atoms with E-state index in [9.17, 15) is 19.5 Å². The molecule has 2 rings (SSSR count). The summed E-state index contributed by atoms with van der Waals surface area (Å²) in [4.78, 5) is 36.1. The van der Waals surface area contributed by atoms with Gasteiger partial charge in [0, 0.05) is 5.56 Å². The van der Waals surface area contributed by atoms with Crippen LogP contribution in [0.5, 0.6) is 5.75 Å². The normalized spacial score (nSPS) is 12.0. The van der Waals surface area contributed by atoms with Crippen molar-refractivity contribution < 1.29 is 9.90 Å². The van der Waals surface area contributed by atoms with Crippen LogP contribution in [0.15, 0.2) is 39.0 Å². The first kappa shape index (κ1) is 15.9. The molecule has 0 spiro atoms. The van der Waals surface area contributed by atoms with E-state index in [2.05, 4.69) is 20.9 Å². The standard InChI is InChI=1S/C13H14N6O4/c1-7(15-10-12(22)16-13(23)19-17-10)11(21)18-14-6-8-4-2-3-5-9(8)20/h2-7,20H,1H3,(H,15,17)(H,18,21)(H2,16,19,22,23)/b14-6-/t7-/m0/s1. The first-order chi connectivity index (χ1) is 11.0. The van der Waals surface area contributed by atoms with Crippen molar-refractivity contribution in [2.24, 2.45) is 5.10 Å². The average Bonchev–Trinajstić information content (AvgIpc) is 2.51. The van der Waals surface area contributed by atoms with E-state index in [1.165, 1.54) is 19.2 Å². The van der Waals surface area contributed by atoms with Crippen LogP contribution in [0, 0.1) is 0 Å². The second-order valence-electron chi connectivity index (χ2n) is 4.51. The molecule has 0 fully saturated rings. The number of phenols is 1. The fourth-order valence-corrected chi connectivity index (χ4v) is 1.58. The molecule has 0 bridgehead atoms. The zero-order valence-corrected chi connectivity index (χ0v) is 12.0. The molecule has 1 aromatic carbocycles. The van der Waals surface area contributed by atoms with Gasteiger partial charge in [0.25, 0.3) is 11.5 Å². The van der Waals surface area contributed by atoms with E-state index in [1.54, 1.807) is 18.2 Å². The number of carbonyl (C=O) groups excluding carboxylic acids is 1. The lowest BCUT2D eigenvalue weighted by Crippen LogP contribution is -2.38. The zero-order valence-electron chi connectivity index (χ0n) is 12.0. The maximum atomic E-state index is 11.8. The number of aromatic amines is 2. The minimum atomic E-state index is -0.837. The van der Waals surface area contributed by atoms with Gasteiger partial charge in [0.2, 0.25) is 5.82 Å². The fourth-order valence-electron chi connectivity index (χ4n) is 1.58. The maximum absolute atomic E-state index is 11.8. The number of phenolic OH excluding ortho intramolecular Hbond substituents is 1. The molecule has 0 saturated heterocycles. The number of para-hydroxylation sites is 1. The number of hydrogen-bond donors (Lipinski definition) is 5. The van der Waals surface area contributed by atoms with Crippen LogP contribution in [0.2, 0.25) is 0 Å². The highest BCUT2D eigenvalue weighted by atomic mass is 16.3. The predicted octanol–water partition coefficient (Wildman–Crippen LogP) is -0.885. The number of carbonyl (C=O) groups is 1. The number of hydrogen-bond acceptors (Lipinski definition) is 7. The molecular formula is C13H14N6O4. The number of aromatic hydroxyl groups is 1. The maximum Gasteiger partial charge on any atom is 0.342 e. The van der Waals surface area contributed by atoms with Gasteiger partial charge in [-0.3, -0.25) is 14.6 Å². The molecule has 23 heavy (non-hydrogen) atoms. The molecule has 0 unspecified atom stereocenters. The van der Waals surface area contributed by atoms with Gasteiger partial charge in [0.05, 0.1) is 6.21 Å². The molecule has 0 aliphatic carbocycles. The first-order valence-corrected chi connectivity index (χ1v) is 6.54. The van der Waals surface area contributed by atoms with E-state index in [1.807, 2.05) is 10.1 Å². The van der Waals surface area contributed by atoms with Crippen molar-refractivity contribution in [2.75, 3.05) is 5.32 Å². The lowest BCUT2D eigenvalue weighted by molar-refractivity contribution is -0.121. The van der Waals surface area contributed by atoms with Gasteiger partial charge in [-0.15, -0.1) is 5.10 Å². The molecule has 10 heteroatoms. The minimum absolute atomic E-state index is 0.0284. The molecular weight excluding hydrogens is 304 g/mol. The third kappa shape index (κ3) is 4.27. The Hall–Kier alpha value is -3.43. The topological polar surface area (TPSA) is 152 Å². The van der Waals surface area contributed by atoms with Crippen molar-refractivity contribution in [1.29, 1.82) is 0 Å². The Balaban J connectivity index is 1.96. The van der Waals surface area contributed by atoms with Gasteiger partial charge < -0.3 is 10.4 Å². The van der Waals surface area contributed by atoms with Gasteiger partial charge in [-0.25, -0.2) is 15.3 Å². The van der Waals surface area contributed by atoms with Crippen LogP contribution in [0.1, 0.15) is 12.5 Å². The van der Waals surface area contributed by atoms with Crippen LogP contribution in [0.3, 0.4) is 0 Å². The summed E-state index contributed by atoms with van der Waals surface area (Å²) in [5.74, 6) is -0.707. The van der Waals surface area contributed by atoms with Crippen molar-refractivity contribution >= 4 is 17.9 Å². The third-order valence-electron chi connectivity index (χ3n) is 2.77. The number of rotatable bonds is 5. The number of H-pyrrole nitrogens is 2. The van der Waals surface area contributed by atoms with Gasteiger partial charge in [0.1, 0.15) is 11.8 Å². The number of hydrazone groups is 1. The molecule has 2 aromatic rings. The van der Waals surface area contributed by atoms with Crippen LogP contribution in [-0.4, -0.2) is 38.5 Å². The Kier molecular flexibility index (Phi) is 4.87. The molecule has 120 valence electrons. The van der Waals surface area contributed by atoms with Crippen molar-refractivity contribution in [2.45, 2.75) is 13.0 Å². The van der Waals surface area contributed by atoms with Crippen LogP contribution >= 0.6 is 0 Å². The van der Waals surface area contributed by atoms with Crippen molar-refractivity contribution in [1.82, 2.24) is 20.6 Å². The molecule has 1 heterocycles. The van der Waals surface area contributed by atoms with Crippen LogP contribution in [-0.2, 0) is 4.79 Å². The molecule has 5 N–H and O–H groups in total. The highest BCUT2D eigenvalue weighted by molar-refractivity contribution is 5.87. The lowest BCUT2D eigenvalue weighted by Gasteiger charge is -2.11. The summed E-state index contributed by atoms with van der Waals surface area (Å²) < 4.78 is 0. The number of aromatic nitrogens is 3. The van der Waals surface area contributed by atoms with E-state index in [0.717, 1.165) is 0 Å². The number of nitrogens with zero attached hydrogens (tertiary/aromatic N) is 2. The third-order valence-corrected chi connectivity index (χ3v) is 2.77. The number of anilines is 1. The highest BCUT2D eigenvalue weighted by Crippen LogP contribution is 2.12. The SMILES string of the molecule is C[C@H](Nc1n[nH]c(=O)[nH]c1=O)C(=O)N/N=C\c1ccccc1O. The van der Waals surface area contributed by atoms with Crippen molar-refractivity contribution in [3.05, 3.63) is 50.7 Å². The molecule has 0 aliphatic heterocycles.